The van der Waals surface area contributed by atoms with Crippen molar-refractivity contribution in [2.45, 2.75) is 25.7 Å². The van der Waals surface area contributed by atoms with Crippen molar-refractivity contribution >= 4 is 5.91 Å². The topological polar surface area (TPSA) is 106 Å². The number of H-pyrrole nitrogens is 1. The van der Waals surface area contributed by atoms with Crippen LogP contribution in [0.1, 0.15) is 24.1 Å². The predicted octanol–water partition coefficient (Wildman–Crippen LogP) is 3.09. The van der Waals surface area contributed by atoms with Crippen LogP contribution >= 0.6 is 0 Å². The Morgan fingerprint density at radius 3 is 2.67 bits per heavy atom. The Morgan fingerprint density at radius 1 is 1.12 bits per heavy atom. The van der Waals surface area contributed by atoms with Gasteiger partial charge < -0.3 is 19.8 Å². The summed E-state index contributed by atoms with van der Waals surface area (Å²) >= 11 is 0. The Bertz CT molecular complexity index is 1130. The Hall–Kier alpha value is -3.94. The largest absolute Gasteiger partial charge is 0.493 e. The van der Waals surface area contributed by atoms with Crippen molar-refractivity contribution in [1.29, 1.82) is 0 Å². The second-order valence-corrected chi connectivity index (χ2v) is 7.33. The Labute approximate surface area is 192 Å². The minimum absolute atomic E-state index is 0.131. The third kappa shape index (κ3) is 7.03. The molecule has 0 fully saturated rings. The highest BCUT2D eigenvalue weighted by Gasteiger charge is 2.12. The number of aryl methyl sites for hydroxylation is 1. The fraction of sp³-hybridized carbons (Fsp3) is 0.280. The molecule has 0 radical (unpaired) electrons. The second-order valence-electron chi connectivity index (χ2n) is 7.33. The van der Waals surface area contributed by atoms with E-state index in [2.05, 4.69) is 27.1 Å². The summed E-state index contributed by atoms with van der Waals surface area (Å²) in [5.74, 6) is 1.30. The van der Waals surface area contributed by atoms with Gasteiger partial charge in [-0.25, -0.2) is 0 Å². The second kappa shape index (κ2) is 12.2. The van der Waals surface area contributed by atoms with Crippen LogP contribution in [0.25, 0.3) is 11.4 Å². The van der Waals surface area contributed by atoms with Crippen molar-refractivity contribution in [2.75, 3.05) is 20.3 Å². The van der Waals surface area contributed by atoms with Crippen LogP contribution in [0.15, 0.2) is 66.0 Å². The molecule has 0 spiro atoms. The maximum atomic E-state index is 12.5. The van der Waals surface area contributed by atoms with Crippen molar-refractivity contribution < 1.29 is 14.3 Å². The van der Waals surface area contributed by atoms with Crippen molar-refractivity contribution in [3.63, 3.8) is 0 Å². The van der Waals surface area contributed by atoms with Gasteiger partial charge in [0.15, 0.2) is 17.3 Å². The predicted molar refractivity (Wildman–Crippen MR) is 126 cm³/mol. The molecule has 0 atom stereocenters. The highest BCUT2D eigenvalue weighted by Crippen LogP contribution is 2.31. The van der Waals surface area contributed by atoms with Crippen molar-refractivity contribution in [2.24, 2.45) is 0 Å². The lowest BCUT2D eigenvalue weighted by Gasteiger charge is -2.11. The zero-order valence-electron chi connectivity index (χ0n) is 18.7. The number of methoxy groups -OCH3 is 1. The molecule has 3 rings (SSSR count). The Morgan fingerprint density at radius 2 is 1.94 bits per heavy atom. The van der Waals surface area contributed by atoms with Crippen LogP contribution in [0, 0.1) is 0 Å². The smallest absolute Gasteiger partial charge is 0.273 e. The van der Waals surface area contributed by atoms with Gasteiger partial charge >= 0.3 is 0 Å². The Balaban J connectivity index is 1.56. The lowest BCUT2D eigenvalue weighted by atomic mass is 10.1. The third-order valence-corrected chi connectivity index (χ3v) is 4.95. The number of ether oxygens (including phenoxy) is 2. The van der Waals surface area contributed by atoms with E-state index in [1.54, 1.807) is 31.4 Å². The van der Waals surface area contributed by atoms with Gasteiger partial charge in [0.1, 0.15) is 5.69 Å². The van der Waals surface area contributed by atoms with Crippen LogP contribution in [0.3, 0.4) is 0 Å². The van der Waals surface area contributed by atoms with Crippen LogP contribution in [-0.2, 0) is 17.6 Å². The average molecular weight is 449 g/mol. The normalized spacial score (nSPS) is 10.5. The number of hydrogen-bond acceptors (Lipinski definition) is 6. The Kier molecular flexibility index (Phi) is 8.76. The summed E-state index contributed by atoms with van der Waals surface area (Å²) in [5.41, 5.74) is 1.64. The van der Waals surface area contributed by atoms with Crippen LogP contribution < -0.4 is 20.3 Å². The average Bonchev–Trinajstić information content (AvgIpc) is 2.84. The zero-order chi connectivity index (χ0) is 23.5. The molecular weight excluding hydrogens is 420 g/mol. The number of carbonyl (C=O) groups excluding carboxylic acids is 1. The molecule has 172 valence electrons. The lowest BCUT2D eigenvalue weighted by Crippen LogP contribution is -2.27. The SMILES string of the molecule is C=CCCOc1ccc(-c2nnc(CCC(=O)NCCc3ccccc3)c(=O)[nH]2)cc1OC. The molecular formula is C25H28N4O4. The minimum Gasteiger partial charge on any atom is -0.493 e. The van der Waals surface area contributed by atoms with Gasteiger partial charge in [-0.3, -0.25) is 9.59 Å². The standard InChI is InChI=1S/C25H28N4O4/c1-3-4-16-33-21-12-10-19(17-22(21)32-2)24-27-25(31)20(28-29-24)11-13-23(30)26-15-14-18-8-6-5-7-9-18/h3,5-10,12,17H,1,4,11,13-16H2,2H3,(H,26,30)(H,27,29,31). The zero-order valence-corrected chi connectivity index (χ0v) is 18.7. The van der Waals surface area contributed by atoms with Crippen LogP contribution in [0.5, 0.6) is 11.5 Å². The number of aromatic amines is 1. The van der Waals surface area contributed by atoms with E-state index in [9.17, 15) is 9.59 Å². The van der Waals surface area contributed by atoms with E-state index < -0.39 is 0 Å². The maximum absolute atomic E-state index is 12.5. The quantitative estimate of drug-likeness (QED) is 0.326. The summed E-state index contributed by atoms with van der Waals surface area (Å²) in [6, 6.07) is 15.2. The summed E-state index contributed by atoms with van der Waals surface area (Å²) in [6.07, 6.45) is 3.62. The lowest BCUT2D eigenvalue weighted by molar-refractivity contribution is -0.121. The number of aromatic nitrogens is 3. The van der Waals surface area contributed by atoms with Gasteiger partial charge in [0.2, 0.25) is 5.91 Å². The van der Waals surface area contributed by atoms with E-state index in [1.807, 2.05) is 30.3 Å². The molecule has 0 saturated heterocycles. The van der Waals surface area contributed by atoms with E-state index in [4.69, 9.17) is 9.47 Å². The number of amides is 1. The maximum Gasteiger partial charge on any atom is 0.273 e. The molecule has 1 amide bonds. The first-order valence-corrected chi connectivity index (χ1v) is 10.8. The third-order valence-electron chi connectivity index (χ3n) is 4.95. The first-order valence-electron chi connectivity index (χ1n) is 10.8. The van der Waals surface area contributed by atoms with Gasteiger partial charge in [0.05, 0.1) is 13.7 Å². The minimum atomic E-state index is -0.373. The van der Waals surface area contributed by atoms with Crippen LogP contribution in [-0.4, -0.2) is 41.3 Å². The molecule has 2 aromatic carbocycles. The fourth-order valence-electron chi connectivity index (χ4n) is 3.15. The number of hydrogen-bond donors (Lipinski definition) is 2. The van der Waals surface area contributed by atoms with Gasteiger partial charge in [0.25, 0.3) is 5.56 Å². The number of nitrogens with zero attached hydrogens (tertiary/aromatic N) is 2. The number of rotatable bonds is 12. The van der Waals surface area contributed by atoms with Gasteiger partial charge in [-0.15, -0.1) is 16.8 Å². The van der Waals surface area contributed by atoms with Gasteiger partial charge in [-0.05, 0) is 36.6 Å². The van der Waals surface area contributed by atoms with Crippen molar-refractivity contribution in [1.82, 2.24) is 20.5 Å². The molecule has 8 nitrogen and oxygen atoms in total. The summed E-state index contributed by atoms with van der Waals surface area (Å²) in [6.45, 7) is 4.70. The van der Waals surface area contributed by atoms with E-state index in [1.165, 1.54) is 0 Å². The van der Waals surface area contributed by atoms with Gasteiger partial charge in [-0.1, -0.05) is 36.4 Å². The molecule has 0 aliphatic heterocycles. The molecule has 0 aliphatic rings. The number of nitrogens with one attached hydrogen (secondary N) is 2. The first-order chi connectivity index (χ1) is 16.1. The molecule has 0 saturated carbocycles. The number of benzene rings is 2. The molecule has 8 heteroatoms. The molecule has 1 aromatic heterocycles. The van der Waals surface area contributed by atoms with Crippen molar-refractivity contribution in [3.8, 4) is 22.9 Å². The monoisotopic (exact) mass is 448 g/mol. The summed E-state index contributed by atoms with van der Waals surface area (Å²) < 4.78 is 11.0. The summed E-state index contributed by atoms with van der Waals surface area (Å²) in [4.78, 5) is 27.3. The highest BCUT2D eigenvalue weighted by molar-refractivity contribution is 5.76. The number of carbonyl (C=O) groups is 1. The molecule has 0 unspecified atom stereocenters. The molecule has 0 bridgehead atoms. The van der Waals surface area contributed by atoms with E-state index in [0.29, 0.717) is 36.0 Å². The van der Waals surface area contributed by atoms with E-state index in [-0.39, 0.29) is 30.0 Å². The highest BCUT2D eigenvalue weighted by atomic mass is 16.5. The van der Waals surface area contributed by atoms with Gasteiger partial charge in [-0.2, -0.15) is 0 Å². The molecule has 3 aromatic rings. The molecule has 2 N–H and O–H groups in total. The summed E-state index contributed by atoms with van der Waals surface area (Å²) in [5, 5.41) is 11.0. The molecule has 1 heterocycles. The summed E-state index contributed by atoms with van der Waals surface area (Å²) in [7, 11) is 1.54. The fourth-order valence-corrected chi connectivity index (χ4v) is 3.15. The van der Waals surface area contributed by atoms with Crippen molar-refractivity contribution in [3.05, 3.63) is 82.8 Å². The van der Waals surface area contributed by atoms with E-state index >= 15 is 0 Å². The first kappa shape index (κ1) is 23.7. The van der Waals surface area contributed by atoms with Crippen LogP contribution in [0.4, 0.5) is 0 Å². The molecule has 33 heavy (non-hydrogen) atoms. The van der Waals surface area contributed by atoms with Gasteiger partial charge in [0, 0.05) is 24.9 Å². The molecule has 0 aliphatic carbocycles. The van der Waals surface area contributed by atoms with E-state index in [0.717, 1.165) is 18.4 Å². The van der Waals surface area contributed by atoms with Crippen LogP contribution in [0.2, 0.25) is 0 Å².